The predicted molar refractivity (Wildman–Crippen MR) is 81.0 cm³/mol. The molecule has 2 aromatic heterocycles. The molecule has 1 unspecified atom stereocenters. The van der Waals surface area contributed by atoms with Gasteiger partial charge in [0.2, 0.25) is 11.8 Å². The van der Waals surface area contributed by atoms with Crippen LogP contribution in [-0.4, -0.2) is 16.6 Å². The summed E-state index contributed by atoms with van der Waals surface area (Å²) in [5.41, 5.74) is 2.22. The van der Waals surface area contributed by atoms with Crippen molar-refractivity contribution in [3.05, 3.63) is 53.7 Å². The zero-order chi connectivity index (χ0) is 15.2. The lowest BCUT2D eigenvalue weighted by Gasteiger charge is -2.12. The van der Waals surface area contributed by atoms with Crippen LogP contribution < -0.4 is 4.74 Å². The maximum Gasteiger partial charge on any atom is 0.213 e. The van der Waals surface area contributed by atoms with Crippen LogP contribution in [0.25, 0.3) is 0 Å². The number of pyridine rings is 2. The van der Waals surface area contributed by atoms with E-state index >= 15 is 0 Å². The lowest BCUT2D eigenvalue weighted by atomic mass is 10.0. The summed E-state index contributed by atoms with van der Waals surface area (Å²) in [5, 5.41) is 0. The van der Waals surface area contributed by atoms with E-state index in [4.69, 9.17) is 4.74 Å². The van der Waals surface area contributed by atoms with Crippen LogP contribution in [0.15, 0.2) is 36.7 Å². The first-order valence-corrected chi connectivity index (χ1v) is 7.26. The Bertz CT molecular complexity index is 552. The molecule has 0 saturated carbocycles. The molecule has 0 aliphatic rings. The third-order valence-electron chi connectivity index (χ3n) is 3.55. The van der Waals surface area contributed by atoms with Gasteiger partial charge in [-0.15, -0.1) is 0 Å². The van der Waals surface area contributed by atoms with Crippen molar-refractivity contribution < 1.29 is 9.13 Å². The molecule has 4 heteroatoms. The van der Waals surface area contributed by atoms with Crippen LogP contribution in [0.4, 0.5) is 4.39 Å². The SMILES string of the molecule is CC(C)c1ccc(OCCC(C)c2ccc(F)nc2)nc1. The summed E-state index contributed by atoms with van der Waals surface area (Å²) in [6.07, 6.45) is 4.27. The quantitative estimate of drug-likeness (QED) is 0.743. The molecule has 0 N–H and O–H groups in total. The van der Waals surface area contributed by atoms with E-state index in [-0.39, 0.29) is 5.92 Å². The van der Waals surface area contributed by atoms with Gasteiger partial charge in [-0.1, -0.05) is 32.9 Å². The van der Waals surface area contributed by atoms with Crippen molar-refractivity contribution in [3.8, 4) is 5.88 Å². The third kappa shape index (κ3) is 4.52. The highest BCUT2D eigenvalue weighted by molar-refractivity contribution is 5.20. The second-order valence-corrected chi connectivity index (χ2v) is 5.54. The molecule has 0 fully saturated rings. The summed E-state index contributed by atoms with van der Waals surface area (Å²) in [5.74, 6) is 0.936. The molecule has 112 valence electrons. The Balaban J connectivity index is 1.82. The van der Waals surface area contributed by atoms with Gasteiger partial charge in [-0.3, -0.25) is 0 Å². The molecule has 0 bridgehead atoms. The maximum absolute atomic E-state index is 12.8. The number of hydrogen-bond acceptors (Lipinski definition) is 3. The minimum atomic E-state index is -0.448. The summed E-state index contributed by atoms with van der Waals surface area (Å²) in [6.45, 7) is 6.92. The molecule has 1 atom stereocenters. The minimum Gasteiger partial charge on any atom is -0.478 e. The molecule has 3 nitrogen and oxygen atoms in total. The molecule has 0 aliphatic carbocycles. The lowest BCUT2D eigenvalue weighted by molar-refractivity contribution is 0.289. The van der Waals surface area contributed by atoms with Crippen LogP contribution in [0, 0.1) is 5.95 Å². The van der Waals surface area contributed by atoms with Gasteiger partial charge in [-0.25, -0.2) is 9.97 Å². The Labute approximate surface area is 125 Å². The lowest BCUT2D eigenvalue weighted by Crippen LogP contribution is -2.05. The standard InChI is InChI=1S/C17H21FN2O/c1-12(2)14-5-7-17(20-10-14)21-9-8-13(3)15-4-6-16(18)19-11-15/h4-7,10-13H,8-9H2,1-3H3. The van der Waals surface area contributed by atoms with E-state index in [1.807, 2.05) is 18.3 Å². The number of halogens is 1. The molecule has 2 aromatic rings. The van der Waals surface area contributed by atoms with Gasteiger partial charge in [0.15, 0.2) is 0 Å². The third-order valence-corrected chi connectivity index (χ3v) is 3.55. The largest absolute Gasteiger partial charge is 0.478 e. The van der Waals surface area contributed by atoms with E-state index in [0.29, 0.717) is 18.4 Å². The van der Waals surface area contributed by atoms with E-state index in [9.17, 15) is 4.39 Å². The Morgan fingerprint density at radius 3 is 2.29 bits per heavy atom. The second kappa shape index (κ2) is 7.16. The van der Waals surface area contributed by atoms with Crippen molar-refractivity contribution in [2.75, 3.05) is 6.61 Å². The maximum atomic E-state index is 12.8. The van der Waals surface area contributed by atoms with Gasteiger partial charge >= 0.3 is 0 Å². The van der Waals surface area contributed by atoms with Crippen LogP contribution in [-0.2, 0) is 0 Å². The van der Waals surface area contributed by atoms with Crippen molar-refractivity contribution in [2.24, 2.45) is 0 Å². The van der Waals surface area contributed by atoms with Crippen LogP contribution in [0.5, 0.6) is 5.88 Å². The van der Waals surface area contributed by atoms with Gasteiger partial charge in [0.1, 0.15) is 0 Å². The molecule has 0 spiro atoms. The van der Waals surface area contributed by atoms with Gasteiger partial charge in [0.05, 0.1) is 6.61 Å². The van der Waals surface area contributed by atoms with Gasteiger partial charge in [-0.2, -0.15) is 4.39 Å². The molecular formula is C17H21FN2O. The predicted octanol–water partition coefficient (Wildman–Crippen LogP) is 4.31. The van der Waals surface area contributed by atoms with Gasteiger partial charge < -0.3 is 4.74 Å². The normalized spacial score (nSPS) is 12.4. The first-order chi connectivity index (χ1) is 10.1. The molecule has 0 aliphatic heterocycles. The van der Waals surface area contributed by atoms with Crippen molar-refractivity contribution >= 4 is 0 Å². The van der Waals surface area contributed by atoms with Crippen molar-refractivity contribution in [1.82, 2.24) is 9.97 Å². The highest BCUT2D eigenvalue weighted by Crippen LogP contribution is 2.19. The number of rotatable bonds is 6. The zero-order valence-electron chi connectivity index (χ0n) is 12.7. The molecular weight excluding hydrogens is 267 g/mol. The van der Waals surface area contributed by atoms with Crippen molar-refractivity contribution in [1.29, 1.82) is 0 Å². The van der Waals surface area contributed by atoms with Crippen LogP contribution >= 0.6 is 0 Å². The molecule has 21 heavy (non-hydrogen) atoms. The second-order valence-electron chi connectivity index (χ2n) is 5.54. The molecule has 0 aromatic carbocycles. The number of nitrogens with zero attached hydrogens (tertiary/aromatic N) is 2. The van der Waals surface area contributed by atoms with Crippen LogP contribution in [0.1, 0.15) is 50.2 Å². The van der Waals surface area contributed by atoms with E-state index in [1.165, 1.54) is 11.6 Å². The first kappa shape index (κ1) is 15.4. The van der Waals surface area contributed by atoms with Crippen LogP contribution in [0.3, 0.4) is 0 Å². The molecule has 2 rings (SSSR count). The fourth-order valence-corrected chi connectivity index (χ4v) is 2.00. The Morgan fingerprint density at radius 2 is 1.71 bits per heavy atom. The smallest absolute Gasteiger partial charge is 0.213 e. The van der Waals surface area contributed by atoms with E-state index in [1.54, 1.807) is 12.3 Å². The van der Waals surface area contributed by atoms with E-state index in [2.05, 4.69) is 30.7 Å². The van der Waals surface area contributed by atoms with E-state index < -0.39 is 5.95 Å². The zero-order valence-corrected chi connectivity index (χ0v) is 12.7. The Kier molecular flexibility index (Phi) is 5.26. The Morgan fingerprint density at radius 1 is 1.00 bits per heavy atom. The monoisotopic (exact) mass is 288 g/mol. The van der Waals surface area contributed by atoms with Gasteiger partial charge in [0.25, 0.3) is 0 Å². The average Bonchev–Trinajstić information content (AvgIpc) is 2.48. The van der Waals surface area contributed by atoms with Crippen LogP contribution in [0.2, 0.25) is 0 Å². The van der Waals surface area contributed by atoms with E-state index in [0.717, 1.165) is 12.0 Å². The fourth-order valence-electron chi connectivity index (χ4n) is 2.00. The highest BCUT2D eigenvalue weighted by Gasteiger charge is 2.07. The molecule has 0 saturated heterocycles. The molecule has 2 heterocycles. The van der Waals surface area contributed by atoms with Gasteiger partial charge in [-0.05, 0) is 35.4 Å². The van der Waals surface area contributed by atoms with Crippen molar-refractivity contribution in [2.45, 2.75) is 39.0 Å². The van der Waals surface area contributed by atoms with Gasteiger partial charge in [0, 0.05) is 18.5 Å². The highest BCUT2D eigenvalue weighted by atomic mass is 19.1. The summed E-state index contributed by atoms with van der Waals surface area (Å²) >= 11 is 0. The summed E-state index contributed by atoms with van der Waals surface area (Å²) in [4.78, 5) is 7.97. The number of aromatic nitrogens is 2. The average molecular weight is 288 g/mol. The number of ether oxygens (including phenoxy) is 1. The summed E-state index contributed by atoms with van der Waals surface area (Å²) in [6, 6.07) is 7.10. The fraction of sp³-hybridized carbons (Fsp3) is 0.412. The first-order valence-electron chi connectivity index (χ1n) is 7.26. The Hall–Kier alpha value is -1.97. The minimum absolute atomic E-state index is 0.271. The summed E-state index contributed by atoms with van der Waals surface area (Å²) in [7, 11) is 0. The van der Waals surface area contributed by atoms with Crippen molar-refractivity contribution in [3.63, 3.8) is 0 Å². The molecule has 0 radical (unpaired) electrons. The molecule has 0 amide bonds. The number of hydrogen-bond donors (Lipinski definition) is 0. The summed E-state index contributed by atoms with van der Waals surface area (Å²) < 4.78 is 18.4. The topological polar surface area (TPSA) is 35.0 Å².